The van der Waals surface area contributed by atoms with Crippen molar-refractivity contribution in [3.63, 3.8) is 0 Å². The molecule has 2 aromatic heterocycles. The summed E-state index contributed by atoms with van der Waals surface area (Å²) in [5.74, 6) is 1.05. The fourth-order valence-electron chi connectivity index (χ4n) is 5.20. The second-order valence-electron chi connectivity index (χ2n) is 10.7. The molecule has 3 aromatic rings. The van der Waals surface area contributed by atoms with E-state index in [0.29, 0.717) is 35.4 Å². The van der Waals surface area contributed by atoms with Crippen LogP contribution >= 0.6 is 0 Å². The molecule has 6 nitrogen and oxygen atoms in total. The number of halogens is 1. The summed E-state index contributed by atoms with van der Waals surface area (Å²) < 4.78 is 16.4. The number of hydrogen-bond donors (Lipinski definition) is 0. The number of amides is 1. The summed E-state index contributed by atoms with van der Waals surface area (Å²) in [6, 6.07) is 6.99. The Balaban J connectivity index is 1.74. The van der Waals surface area contributed by atoms with Crippen LogP contribution in [0.2, 0.25) is 0 Å². The highest BCUT2D eigenvalue weighted by Gasteiger charge is 2.35. The number of aromatic nitrogens is 2. The molecule has 0 spiro atoms. The fraction of sp³-hybridized carbons (Fsp3) is 0.483. The number of imidazole rings is 1. The van der Waals surface area contributed by atoms with E-state index in [2.05, 4.69) is 40.4 Å². The molecule has 0 saturated carbocycles. The van der Waals surface area contributed by atoms with Crippen molar-refractivity contribution in [1.82, 2.24) is 19.2 Å². The molecule has 1 aliphatic heterocycles. The van der Waals surface area contributed by atoms with Gasteiger partial charge in [0.2, 0.25) is 0 Å². The summed E-state index contributed by atoms with van der Waals surface area (Å²) in [6.45, 7) is 12.1. The number of nitrogens with zero attached hydrogens (tertiary/aromatic N) is 4. The predicted molar refractivity (Wildman–Crippen MR) is 141 cm³/mol. The van der Waals surface area contributed by atoms with Gasteiger partial charge in [-0.25, -0.2) is 9.37 Å². The van der Waals surface area contributed by atoms with Gasteiger partial charge < -0.3 is 14.1 Å². The first-order valence-electron chi connectivity index (χ1n) is 12.8. The molecule has 3 heterocycles. The maximum absolute atomic E-state index is 14.3. The van der Waals surface area contributed by atoms with Crippen molar-refractivity contribution in [3.8, 4) is 11.1 Å². The SMILES string of the molecule is Cc1ncc2c(-c3ccc(F)cc3C(=O)N(C)C(C)C)cc(C3CN([C@@H](CCC=O)C(C)C)C3)cn12. The van der Waals surface area contributed by atoms with E-state index in [1.54, 1.807) is 18.0 Å². The lowest BCUT2D eigenvalue weighted by atomic mass is 9.85. The Hall–Kier alpha value is -3.06. The molecule has 1 saturated heterocycles. The van der Waals surface area contributed by atoms with Gasteiger partial charge in [0, 0.05) is 56.3 Å². The van der Waals surface area contributed by atoms with E-state index in [0.717, 1.165) is 42.7 Å². The topological polar surface area (TPSA) is 57.9 Å². The number of rotatable bonds is 9. The van der Waals surface area contributed by atoms with Crippen LogP contribution in [0, 0.1) is 18.7 Å². The molecule has 1 aromatic carbocycles. The van der Waals surface area contributed by atoms with Crippen LogP contribution in [0.3, 0.4) is 0 Å². The Bertz CT molecular complexity index is 1260. The maximum Gasteiger partial charge on any atom is 0.254 e. The van der Waals surface area contributed by atoms with E-state index in [-0.39, 0.29) is 11.9 Å². The van der Waals surface area contributed by atoms with Gasteiger partial charge >= 0.3 is 0 Å². The van der Waals surface area contributed by atoms with Gasteiger partial charge in [-0.05, 0) is 62.4 Å². The number of hydrogen-bond acceptors (Lipinski definition) is 4. The molecule has 0 bridgehead atoms. The van der Waals surface area contributed by atoms with Crippen LogP contribution in [0.5, 0.6) is 0 Å². The number of carbonyl (C=O) groups is 2. The summed E-state index contributed by atoms with van der Waals surface area (Å²) in [6.07, 6.45) is 6.43. The zero-order valence-electron chi connectivity index (χ0n) is 22.2. The smallest absolute Gasteiger partial charge is 0.254 e. The number of carbonyl (C=O) groups excluding carboxylic acids is 2. The fourth-order valence-corrected chi connectivity index (χ4v) is 5.20. The van der Waals surface area contributed by atoms with E-state index in [4.69, 9.17) is 0 Å². The highest BCUT2D eigenvalue weighted by atomic mass is 19.1. The van der Waals surface area contributed by atoms with Gasteiger partial charge in [0.05, 0.1) is 17.3 Å². The van der Waals surface area contributed by atoms with Crippen molar-refractivity contribution in [2.45, 2.75) is 65.5 Å². The summed E-state index contributed by atoms with van der Waals surface area (Å²) in [5, 5.41) is 0. The van der Waals surface area contributed by atoms with Gasteiger partial charge in [-0.15, -0.1) is 0 Å². The normalized spacial score (nSPS) is 15.5. The highest BCUT2D eigenvalue weighted by molar-refractivity contribution is 6.02. The van der Waals surface area contributed by atoms with E-state index < -0.39 is 5.82 Å². The molecule has 0 aliphatic carbocycles. The van der Waals surface area contributed by atoms with Gasteiger partial charge in [-0.1, -0.05) is 19.9 Å². The quantitative estimate of drug-likeness (QED) is 0.379. The third-order valence-electron chi connectivity index (χ3n) is 7.64. The van der Waals surface area contributed by atoms with Crippen molar-refractivity contribution in [2.24, 2.45) is 5.92 Å². The zero-order valence-corrected chi connectivity index (χ0v) is 22.2. The number of fused-ring (bicyclic) bond motifs is 1. The summed E-state index contributed by atoms with van der Waals surface area (Å²) in [5.41, 5.74) is 4.02. The van der Waals surface area contributed by atoms with Gasteiger partial charge in [0.15, 0.2) is 0 Å². The number of benzene rings is 1. The van der Waals surface area contributed by atoms with Crippen molar-refractivity contribution in [3.05, 3.63) is 59.4 Å². The molecule has 7 heteroatoms. The van der Waals surface area contributed by atoms with Crippen molar-refractivity contribution in [1.29, 1.82) is 0 Å². The first kappa shape index (κ1) is 26.0. The van der Waals surface area contributed by atoms with Gasteiger partial charge in [0.25, 0.3) is 5.91 Å². The Labute approximate surface area is 213 Å². The van der Waals surface area contributed by atoms with Gasteiger partial charge in [-0.2, -0.15) is 0 Å². The van der Waals surface area contributed by atoms with Crippen LogP contribution in [-0.4, -0.2) is 63.6 Å². The van der Waals surface area contributed by atoms with E-state index in [9.17, 15) is 14.0 Å². The minimum atomic E-state index is -0.430. The first-order valence-corrected chi connectivity index (χ1v) is 12.8. The largest absolute Gasteiger partial charge is 0.339 e. The molecule has 192 valence electrons. The van der Waals surface area contributed by atoms with Crippen LogP contribution in [0.15, 0.2) is 36.7 Å². The standard InChI is InChI=1S/C29H37FN4O2/c1-18(2)27(8-7-11-35)33-15-22(16-33)21-12-25(28-14-31-20(5)34(28)17-21)24-10-9-23(30)13-26(24)29(36)32(6)19(3)4/h9-14,17-19,22,27H,7-8,15-16H2,1-6H3/t27-/m0/s1. The van der Waals surface area contributed by atoms with Crippen molar-refractivity contribution < 1.29 is 14.0 Å². The summed E-state index contributed by atoms with van der Waals surface area (Å²) in [4.78, 5) is 32.9. The minimum absolute atomic E-state index is 0.00809. The summed E-state index contributed by atoms with van der Waals surface area (Å²) in [7, 11) is 1.75. The van der Waals surface area contributed by atoms with Crippen LogP contribution in [-0.2, 0) is 4.79 Å². The molecule has 4 rings (SSSR count). The average Bonchev–Trinajstić information content (AvgIpc) is 3.19. The molecule has 1 fully saturated rings. The molecule has 0 radical (unpaired) electrons. The average molecular weight is 493 g/mol. The molecule has 1 amide bonds. The molecular weight excluding hydrogens is 455 g/mol. The third-order valence-corrected chi connectivity index (χ3v) is 7.64. The predicted octanol–water partition coefficient (Wildman–Crippen LogP) is 5.33. The van der Waals surface area contributed by atoms with E-state index >= 15 is 0 Å². The molecule has 36 heavy (non-hydrogen) atoms. The molecular formula is C29H37FN4O2. The molecule has 1 atom stereocenters. The van der Waals surface area contributed by atoms with E-state index in [1.165, 1.54) is 17.7 Å². The highest BCUT2D eigenvalue weighted by Crippen LogP contribution is 2.37. The Morgan fingerprint density at radius 2 is 1.92 bits per heavy atom. The lowest BCUT2D eigenvalue weighted by Gasteiger charge is -2.46. The van der Waals surface area contributed by atoms with Gasteiger partial charge in [-0.3, -0.25) is 9.69 Å². The lowest BCUT2D eigenvalue weighted by molar-refractivity contribution is -0.108. The Morgan fingerprint density at radius 1 is 1.19 bits per heavy atom. The Kier molecular flexibility index (Phi) is 7.59. The molecule has 0 N–H and O–H groups in total. The summed E-state index contributed by atoms with van der Waals surface area (Å²) >= 11 is 0. The Morgan fingerprint density at radius 3 is 2.56 bits per heavy atom. The van der Waals surface area contributed by atoms with Crippen LogP contribution in [0.4, 0.5) is 4.39 Å². The molecule has 0 unspecified atom stereocenters. The second-order valence-corrected chi connectivity index (χ2v) is 10.7. The third kappa shape index (κ3) is 4.94. The minimum Gasteiger partial charge on any atom is -0.339 e. The number of likely N-dealkylation sites (tertiary alicyclic amines) is 1. The van der Waals surface area contributed by atoms with Crippen molar-refractivity contribution in [2.75, 3.05) is 20.1 Å². The number of aldehydes is 1. The van der Waals surface area contributed by atoms with E-state index in [1.807, 2.05) is 27.0 Å². The molecule has 1 aliphatic rings. The zero-order chi connectivity index (χ0) is 26.1. The maximum atomic E-state index is 14.3. The van der Waals surface area contributed by atoms with Gasteiger partial charge in [0.1, 0.15) is 17.9 Å². The monoisotopic (exact) mass is 492 g/mol. The second kappa shape index (κ2) is 10.5. The van der Waals surface area contributed by atoms with Crippen molar-refractivity contribution >= 4 is 17.7 Å². The first-order chi connectivity index (χ1) is 17.1. The van der Waals surface area contributed by atoms with Crippen LogP contribution in [0.1, 0.15) is 68.2 Å². The van der Waals surface area contributed by atoms with Crippen LogP contribution in [0.25, 0.3) is 16.6 Å². The number of aryl methyl sites for hydroxylation is 1. The lowest BCUT2D eigenvalue weighted by Crippen LogP contribution is -2.52. The number of pyridine rings is 1. The van der Waals surface area contributed by atoms with Crippen LogP contribution < -0.4 is 0 Å².